The summed E-state index contributed by atoms with van der Waals surface area (Å²) in [5.74, 6) is 0.775. The number of benzene rings is 2. The molecule has 0 aliphatic carbocycles. The molecule has 6 heteroatoms. The lowest BCUT2D eigenvalue weighted by atomic mass is 10.1. The molecule has 2 aromatic rings. The molecule has 2 rings (SSSR count). The minimum absolute atomic E-state index is 0.0736. The Hall–Kier alpha value is -1.89. The van der Waals surface area contributed by atoms with Gasteiger partial charge in [0.1, 0.15) is 5.75 Å². The van der Waals surface area contributed by atoms with Gasteiger partial charge in [-0.15, -0.1) is 0 Å². The first-order valence-electron chi connectivity index (χ1n) is 7.70. The minimum Gasteiger partial charge on any atom is -0.497 e. The Morgan fingerprint density at radius 3 is 2.33 bits per heavy atom. The molecule has 1 unspecified atom stereocenters. The molecule has 0 saturated heterocycles. The fraction of sp³-hybridized carbons (Fsp3) is 0.333. The van der Waals surface area contributed by atoms with Crippen LogP contribution in [0.2, 0.25) is 0 Å². The number of methoxy groups -OCH3 is 1. The van der Waals surface area contributed by atoms with Crippen LogP contribution in [0, 0.1) is 6.92 Å². The van der Waals surface area contributed by atoms with E-state index in [4.69, 9.17) is 4.74 Å². The molecular weight excluding hydrogens is 324 g/mol. The van der Waals surface area contributed by atoms with Gasteiger partial charge in [0.25, 0.3) is 0 Å². The number of nitrogens with one attached hydrogen (secondary N) is 1. The second-order valence-electron chi connectivity index (χ2n) is 5.92. The number of likely N-dealkylation sites (N-methyl/N-ethyl adjacent to an activating group) is 1. The average Bonchev–Trinajstić information content (AvgIpc) is 2.55. The molecule has 0 aliphatic rings. The molecule has 130 valence electrons. The maximum atomic E-state index is 12.5. The van der Waals surface area contributed by atoms with E-state index >= 15 is 0 Å². The van der Waals surface area contributed by atoms with Crippen LogP contribution in [0.3, 0.4) is 0 Å². The third-order valence-electron chi connectivity index (χ3n) is 3.89. The summed E-state index contributed by atoms with van der Waals surface area (Å²) in [4.78, 5) is 2.27. The third kappa shape index (κ3) is 4.56. The largest absolute Gasteiger partial charge is 0.497 e. The van der Waals surface area contributed by atoms with E-state index in [-0.39, 0.29) is 17.5 Å². The van der Waals surface area contributed by atoms with E-state index in [1.165, 1.54) is 0 Å². The van der Waals surface area contributed by atoms with Crippen LogP contribution in [0.25, 0.3) is 0 Å². The number of rotatable bonds is 7. The molecule has 0 amide bonds. The summed E-state index contributed by atoms with van der Waals surface area (Å²) in [7, 11) is 1.94. The molecule has 0 fully saturated rings. The van der Waals surface area contributed by atoms with Crippen LogP contribution in [0.4, 0.5) is 0 Å². The molecule has 1 atom stereocenters. The maximum Gasteiger partial charge on any atom is 0.240 e. The topological polar surface area (TPSA) is 58.6 Å². The van der Waals surface area contributed by atoms with Crippen LogP contribution in [-0.4, -0.2) is 41.1 Å². The Bertz CT molecular complexity index is 771. The predicted octanol–water partition coefficient (Wildman–Crippen LogP) is 2.58. The Morgan fingerprint density at radius 2 is 1.79 bits per heavy atom. The van der Waals surface area contributed by atoms with E-state index in [0.717, 1.165) is 16.9 Å². The lowest BCUT2D eigenvalue weighted by Gasteiger charge is -2.25. The first-order valence-corrected chi connectivity index (χ1v) is 9.18. The van der Waals surface area contributed by atoms with E-state index < -0.39 is 10.0 Å². The van der Waals surface area contributed by atoms with Gasteiger partial charge in [-0.05, 0) is 56.4 Å². The number of hydrogen-bond donors (Lipinski definition) is 1. The lowest BCUT2D eigenvalue weighted by Crippen LogP contribution is -2.34. The number of sulfonamides is 1. The molecule has 0 spiro atoms. The molecule has 0 radical (unpaired) electrons. The highest BCUT2D eigenvalue weighted by Crippen LogP contribution is 2.21. The van der Waals surface area contributed by atoms with E-state index in [0.29, 0.717) is 0 Å². The van der Waals surface area contributed by atoms with Crippen molar-refractivity contribution in [1.29, 1.82) is 0 Å². The Balaban J connectivity index is 2.16. The zero-order chi connectivity index (χ0) is 17.7. The molecule has 5 nitrogen and oxygen atoms in total. The highest BCUT2D eigenvalue weighted by molar-refractivity contribution is 7.89. The van der Waals surface area contributed by atoms with Crippen molar-refractivity contribution in [2.24, 2.45) is 0 Å². The second kappa shape index (κ2) is 7.79. The Kier molecular flexibility index (Phi) is 5.99. The van der Waals surface area contributed by atoms with Crippen molar-refractivity contribution in [3.63, 3.8) is 0 Å². The predicted molar refractivity (Wildman–Crippen MR) is 95.8 cm³/mol. The summed E-state index contributed by atoms with van der Waals surface area (Å²) in [6.45, 7) is 2.16. The summed E-state index contributed by atoms with van der Waals surface area (Å²) in [6.07, 6.45) is 0. The van der Waals surface area contributed by atoms with Gasteiger partial charge in [-0.2, -0.15) is 0 Å². The van der Waals surface area contributed by atoms with Crippen LogP contribution in [0.5, 0.6) is 5.75 Å². The van der Waals surface area contributed by atoms with Crippen LogP contribution < -0.4 is 9.46 Å². The van der Waals surface area contributed by atoms with E-state index in [1.807, 2.05) is 56.3 Å². The van der Waals surface area contributed by atoms with Gasteiger partial charge in [0.15, 0.2) is 0 Å². The van der Waals surface area contributed by atoms with Gasteiger partial charge in [0, 0.05) is 12.6 Å². The van der Waals surface area contributed by atoms with Gasteiger partial charge < -0.3 is 9.64 Å². The Morgan fingerprint density at radius 1 is 1.12 bits per heavy atom. The molecule has 1 N–H and O–H groups in total. The summed E-state index contributed by atoms with van der Waals surface area (Å²) < 4.78 is 32.9. The first kappa shape index (κ1) is 18.4. The van der Waals surface area contributed by atoms with Crippen LogP contribution in [-0.2, 0) is 10.0 Å². The normalized spacial score (nSPS) is 13.0. The quantitative estimate of drug-likeness (QED) is 0.835. The highest BCUT2D eigenvalue weighted by Gasteiger charge is 2.19. The minimum atomic E-state index is -3.53. The van der Waals surface area contributed by atoms with Crippen molar-refractivity contribution in [3.05, 3.63) is 59.7 Å². The van der Waals surface area contributed by atoms with Crippen molar-refractivity contribution in [1.82, 2.24) is 9.62 Å². The Labute approximate surface area is 144 Å². The molecule has 0 saturated carbocycles. The molecule has 2 aromatic carbocycles. The van der Waals surface area contributed by atoms with Crippen LogP contribution in [0.1, 0.15) is 17.2 Å². The second-order valence-corrected chi connectivity index (χ2v) is 7.69. The van der Waals surface area contributed by atoms with Gasteiger partial charge in [-0.25, -0.2) is 13.1 Å². The number of hydrogen-bond acceptors (Lipinski definition) is 4. The van der Waals surface area contributed by atoms with Gasteiger partial charge in [0.05, 0.1) is 12.0 Å². The van der Waals surface area contributed by atoms with Crippen LogP contribution >= 0.6 is 0 Å². The number of nitrogens with zero attached hydrogens (tertiary/aromatic N) is 1. The van der Waals surface area contributed by atoms with Crippen molar-refractivity contribution < 1.29 is 13.2 Å². The van der Waals surface area contributed by atoms with E-state index in [2.05, 4.69) is 4.72 Å². The van der Waals surface area contributed by atoms with Crippen molar-refractivity contribution in [3.8, 4) is 5.75 Å². The molecule has 0 bridgehead atoms. The van der Waals surface area contributed by atoms with Crippen molar-refractivity contribution in [2.75, 3.05) is 27.7 Å². The fourth-order valence-corrected chi connectivity index (χ4v) is 3.62. The maximum absolute atomic E-state index is 12.5. The van der Waals surface area contributed by atoms with Crippen molar-refractivity contribution >= 4 is 10.0 Å². The smallest absolute Gasteiger partial charge is 0.240 e. The summed E-state index contributed by atoms with van der Waals surface area (Å²) in [6, 6.07) is 14.5. The van der Waals surface area contributed by atoms with Gasteiger partial charge >= 0.3 is 0 Å². The monoisotopic (exact) mass is 348 g/mol. The zero-order valence-electron chi connectivity index (χ0n) is 14.5. The van der Waals surface area contributed by atoms with Crippen molar-refractivity contribution in [2.45, 2.75) is 17.9 Å². The van der Waals surface area contributed by atoms with Gasteiger partial charge in [-0.1, -0.05) is 24.3 Å². The standard InChI is InChI=1S/C18H24N2O3S/c1-14-6-5-7-17(12-14)24(21,22)19-13-18(20(2)3)15-8-10-16(23-4)11-9-15/h5-12,18-19H,13H2,1-4H3. The molecule has 24 heavy (non-hydrogen) atoms. The summed E-state index contributed by atoms with van der Waals surface area (Å²) in [5, 5.41) is 0. The van der Waals surface area contributed by atoms with E-state index in [9.17, 15) is 8.42 Å². The molecule has 0 heterocycles. The summed E-state index contributed by atoms with van der Waals surface area (Å²) in [5.41, 5.74) is 1.94. The average molecular weight is 348 g/mol. The lowest BCUT2D eigenvalue weighted by molar-refractivity contribution is 0.299. The van der Waals surface area contributed by atoms with Gasteiger partial charge in [0.2, 0.25) is 10.0 Å². The molecule has 0 aliphatic heterocycles. The zero-order valence-corrected chi connectivity index (χ0v) is 15.3. The SMILES string of the molecule is COc1ccc(C(CNS(=O)(=O)c2cccc(C)c2)N(C)C)cc1. The van der Waals surface area contributed by atoms with E-state index in [1.54, 1.807) is 25.3 Å². The molecular formula is C18H24N2O3S. The first-order chi connectivity index (χ1) is 11.3. The highest BCUT2D eigenvalue weighted by atomic mass is 32.2. The molecule has 0 aromatic heterocycles. The number of ether oxygens (including phenoxy) is 1. The number of aryl methyl sites for hydroxylation is 1. The fourth-order valence-electron chi connectivity index (χ4n) is 2.48. The summed E-state index contributed by atoms with van der Waals surface area (Å²) >= 11 is 0. The van der Waals surface area contributed by atoms with Gasteiger partial charge in [-0.3, -0.25) is 0 Å². The third-order valence-corrected chi connectivity index (χ3v) is 5.31. The van der Waals surface area contributed by atoms with Crippen LogP contribution in [0.15, 0.2) is 53.4 Å².